The van der Waals surface area contributed by atoms with Gasteiger partial charge in [-0.05, 0) is 43.2 Å². The second kappa shape index (κ2) is 8.98. The van der Waals surface area contributed by atoms with Crippen LogP contribution < -0.4 is 0 Å². The Labute approximate surface area is 192 Å². The summed E-state index contributed by atoms with van der Waals surface area (Å²) in [6.45, 7) is 2.69. The largest absolute Gasteiger partial charge is 0.392 e. The van der Waals surface area contributed by atoms with Crippen molar-refractivity contribution in [2.45, 2.75) is 47.6 Å². The first-order valence-electron chi connectivity index (χ1n) is 10.3. The van der Waals surface area contributed by atoms with E-state index in [1.807, 2.05) is 11.8 Å². The highest BCUT2D eigenvalue weighted by atomic mass is 32.2. The minimum Gasteiger partial charge on any atom is -0.392 e. The number of hydrogen-bond acceptors (Lipinski definition) is 9. The normalized spacial score (nSPS) is 19.7. The molecule has 1 aliphatic heterocycles. The highest BCUT2D eigenvalue weighted by Crippen LogP contribution is 2.33. The van der Waals surface area contributed by atoms with Gasteiger partial charge in [0.05, 0.1) is 21.9 Å². The van der Waals surface area contributed by atoms with E-state index >= 15 is 0 Å². The molecule has 9 nitrogen and oxygen atoms in total. The average molecular weight is 492 g/mol. The number of likely N-dealkylation sites (tertiary alicyclic amines) is 1. The van der Waals surface area contributed by atoms with Crippen LogP contribution in [0, 0.1) is 6.92 Å². The summed E-state index contributed by atoms with van der Waals surface area (Å²) in [6.07, 6.45) is 0.923. The topological polar surface area (TPSA) is 131 Å². The van der Waals surface area contributed by atoms with Crippen LogP contribution in [0.5, 0.6) is 0 Å². The lowest BCUT2D eigenvalue weighted by Gasteiger charge is -2.21. The van der Waals surface area contributed by atoms with E-state index < -0.39 is 25.8 Å². The van der Waals surface area contributed by atoms with Crippen LogP contribution >= 0.6 is 0 Å². The molecule has 33 heavy (non-hydrogen) atoms. The summed E-state index contributed by atoms with van der Waals surface area (Å²) in [6, 6.07) is 12.7. The van der Waals surface area contributed by atoms with Crippen LogP contribution in [0.1, 0.15) is 35.3 Å². The zero-order chi connectivity index (χ0) is 23.8. The van der Waals surface area contributed by atoms with E-state index in [9.17, 15) is 21.9 Å². The fraction of sp³-hybridized carbons (Fsp3) is 0.364. The zero-order valence-corrected chi connectivity index (χ0v) is 19.9. The average Bonchev–Trinajstić information content (AvgIpc) is 3.33. The second-order valence-electron chi connectivity index (χ2n) is 8.37. The maximum atomic E-state index is 12.7. The Morgan fingerprint density at radius 1 is 1.03 bits per heavy atom. The molecule has 0 unspecified atom stereocenters. The molecule has 2 aromatic carbocycles. The third-order valence-electron chi connectivity index (χ3n) is 5.59. The van der Waals surface area contributed by atoms with E-state index in [0.717, 1.165) is 17.4 Å². The Kier molecular flexibility index (Phi) is 6.41. The number of hydrogen-bond donors (Lipinski definition) is 1. The Bertz CT molecular complexity index is 1330. The predicted molar refractivity (Wildman–Crippen MR) is 120 cm³/mol. The molecule has 0 spiro atoms. The van der Waals surface area contributed by atoms with Crippen molar-refractivity contribution in [1.29, 1.82) is 0 Å². The molecule has 1 fully saturated rings. The van der Waals surface area contributed by atoms with E-state index in [2.05, 4.69) is 10.1 Å². The highest BCUT2D eigenvalue weighted by Gasteiger charge is 2.36. The molecule has 1 saturated heterocycles. The van der Waals surface area contributed by atoms with Gasteiger partial charge in [0.1, 0.15) is 5.75 Å². The second-order valence-corrected chi connectivity index (χ2v) is 12.4. The van der Waals surface area contributed by atoms with Crippen LogP contribution in [0.2, 0.25) is 0 Å². The van der Waals surface area contributed by atoms with E-state index in [1.54, 1.807) is 48.5 Å². The van der Waals surface area contributed by atoms with Gasteiger partial charge in [0, 0.05) is 19.3 Å². The van der Waals surface area contributed by atoms with Crippen LogP contribution in [0.25, 0.3) is 0 Å². The summed E-state index contributed by atoms with van der Waals surface area (Å²) in [4.78, 5) is 6.68. The Balaban J connectivity index is 1.49. The Hall–Kier alpha value is -2.60. The lowest BCUT2D eigenvalue weighted by molar-refractivity contribution is 0.169. The molecule has 0 aliphatic carbocycles. The first-order valence-corrected chi connectivity index (χ1v) is 13.9. The van der Waals surface area contributed by atoms with E-state index in [4.69, 9.17) is 4.52 Å². The number of aliphatic hydroxyl groups is 1. The van der Waals surface area contributed by atoms with Crippen molar-refractivity contribution in [3.63, 3.8) is 0 Å². The minimum absolute atomic E-state index is 0.0596. The van der Waals surface area contributed by atoms with Crippen LogP contribution in [-0.4, -0.2) is 55.9 Å². The third-order valence-corrected chi connectivity index (χ3v) is 8.34. The number of rotatable bonds is 7. The van der Waals surface area contributed by atoms with Gasteiger partial charge in [-0.25, -0.2) is 16.8 Å². The van der Waals surface area contributed by atoms with Gasteiger partial charge in [-0.2, -0.15) is 4.98 Å². The number of aromatic nitrogens is 2. The molecule has 176 valence electrons. The van der Waals surface area contributed by atoms with Crippen molar-refractivity contribution >= 4 is 19.7 Å². The van der Waals surface area contributed by atoms with Crippen LogP contribution in [0.15, 0.2) is 62.8 Å². The van der Waals surface area contributed by atoms with Gasteiger partial charge < -0.3 is 9.63 Å². The maximum Gasteiger partial charge on any atom is 0.244 e. The Morgan fingerprint density at radius 3 is 2.30 bits per heavy atom. The molecule has 4 rings (SSSR count). The summed E-state index contributed by atoms with van der Waals surface area (Å²) in [5, 5.41) is 14.1. The molecule has 3 aromatic rings. The lowest BCUT2D eigenvalue weighted by Crippen LogP contribution is -2.24. The van der Waals surface area contributed by atoms with Crippen LogP contribution in [0.3, 0.4) is 0 Å². The summed E-state index contributed by atoms with van der Waals surface area (Å²) in [7, 11) is -6.91. The van der Waals surface area contributed by atoms with Crippen molar-refractivity contribution in [3.8, 4) is 0 Å². The van der Waals surface area contributed by atoms with Crippen LogP contribution in [-0.2, 0) is 32.0 Å². The van der Waals surface area contributed by atoms with Gasteiger partial charge in [-0.3, -0.25) is 4.90 Å². The van der Waals surface area contributed by atoms with Gasteiger partial charge >= 0.3 is 0 Å². The summed E-state index contributed by atoms with van der Waals surface area (Å²) >= 11 is 0. The van der Waals surface area contributed by atoms with Gasteiger partial charge in [0.25, 0.3) is 0 Å². The molecular weight excluding hydrogens is 466 g/mol. The molecule has 0 amide bonds. The van der Waals surface area contributed by atoms with Crippen molar-refractivity contribution < 1.29 is 26.5 Å². The molecule has 2 heterocycles. The molecule has 0 saturated carbocycles. The molecule has 1 aromatic heterocycles. The third kappa shape index (κ3) is 5.49. The standard InChI is InChI=1S/C22H25N3O6S2/c1-15-3-7-19(8-4-15)33(29,30)14-21-23-22(31-24-21)20-11-17(26)13-25(20)12-16-5-9-18(10-6-16)32(2,27)28/h3-10,17,20,26H,11-14H2,1-2H3/t17-,20+/m1/s1. The molecule has 0 bridgehead atoms. The quantitative estimate of drug-likeness (QED) is 0.527. The Morgan fingerprint density at radius 2 is 1.67 bits per heavy atom. The predicted octanol–water partition coefficient (Wildman–Crippen LogP) is 2.06. The summed E-state index contributed by atoms with van der Waals surface area (Å²) in [5.74, 6) is -0.0836. The van der Waals surface area contributed by atoms with E-state index in [1.165, 1.54) is 0 Å². The fourth-order valence-electron chi connectivity index (χ4n) is 3.85. The number of aryl methyl sites for hydroxylation is 1. The van der Waals surface area contributed by atoms with Crippen molar-refractivity contribution in [1.82, 2.24) is 15.0 Å². The smallest absolute Gasteiger partial charge is 0.244 e. The monoisotopic (exact) mass is 491 g/mol. The maximum absolute atomic E-state index is 12.7. The lowest BCUT2D eigenvalue weighted by atomic mass is 10.1. The zero-order valence-electron chi connectivity index (χ0n) is 18.2. The first kappa shape index (κ1) is 23.6. The SMILES string of the molecule is Cc1ccc(S(=O)(=O)Cc2noc([C@@H]3C[C@@H](O)CN3Cc3ccc(S(C)(=O)=O)cc3)n2)cc1. The number of sulfone groups is 2. The number of nitrogens with zero attached hydrogens (tertiary/aromatic N) is 3. The van der Waals surface area contributed by atoms with Gasteiger partial charge in [-0.15, -0.1) is 0 Å². The molecule has 1 aliphatic rings. The molecule has 2 atom stereocenters. The number of benzene rings is 2. The number of β-amino-alcohol motifs (C(OH)–C–C–N with tert-alkyl or cyclic N) is 1. The highest BCUT2D eigenvalue weighted by molar-refractivity contribution is 7.91. The van der Waals surface area contributed by atoms with E-state index in [-0.39, 0.29) is 33.3 Å². The van der Waals surface area contributed by atoms with E-state index in [0.29, 0.717) is 19.5 Å². The molecule has 1 N–H and O–H groups in total. The number of aliphatic hydroxyl groups excluding tert-OH is 1. The van der Waals surface area contributed by atoms with Gasteiger partial charge in [-0.1, -0.05) is 35.0 Å². The molecular formula is C22H25N3O6S2. The van der Waals surface area contributed by atoms with Gasteiger partial charge in [0.2, 0.25) is 5.89 Å². The minimum atomic E-state index is -3.63. The first-order chi connectivity index (χ1) is 15.5. The summed E-state index contributed by atoms with van der Waals surface area (Å²) < 4.78 is 54.1. The van der Waals surface area contributed by atoms with Crippen molar-refractivity contribution in [2.75, 3.05) is 12.8 Å². The van der Waals surface area contributed by atoms with Crippen LogP contribution in [0.4, 0.5) is 0 Å². The van der Waals surface area contributed by atoms with Gasteiger partial charge in [0.15, 0.2) is 25.5 Å². The molecule has 0 radical (unpaired) electrons. The fourth-order valence-corrected chi connectivity index (χ4v) is 5.65. The summed E-state index contributed by atoms with van der Waals surface area (Å²) in [5.41, 5.74) is 1.82. The van der Waals surface area contributed by atoms with Crippen molar-refractivity contribution in [2.24, 2.45) is 0 Å². The van der Waals surface area contributed by atoms with Crippen molar-refractivity contribution in [3.05, 3.63) is 71.4 Å². The molecule has 11 heteroatoms.